The van der Waals surface area contributed by atoms with Crippen LogP contribution >= 0.6 is 0 Å². The molecule has 3 aromatic carbocycles. The van der Waals surface area contributed by atoms with Crippen molar-refractivity contribution < 1.29 is 0 Å². The Balaban J connectivity index is 1.75. The lowest BCUT2D eigenvalue weighted by Gasteiger charge is -2.32. The molecule has 3 nitrogen and oxygen atoms in total. The maximum Gasteiger partial charge on any atom is 0.0705 e. The lowest BCUT2D eigenvalue weighted by atomic mass is 9.90. The molecule has 4 aromatic rings. The Morgan fingerprint density at radius 2 is 1.54 bits per heavy atom. The number of aromatic nitrogens is 1. The summed E-state index contributed by atoms with van der Waals surface area (Å²) in [7, 11) is 0. The van der Waals surface area contributed by atoms with Crippen LogP contribution in [0.5, 0.6) is 0 Å². The number of nitrogens with one attached hydrogen (secondary N) is 1. The van der Waals surface area contributed by atoms with Crippen molar-refractivity contribution in [2.75, 3.05) is 26.2 Å². The van der Waals surface area contributed by atoms with Crippen LogP contribution in [0.4, 0.5) is 0 Å². The molecule has 28 heavy (non-hydrogen) atoms. The smallest absolute Gasteiger partial charge is 0.0705 e. The maximum absolute atomic E-state index is 4.61. The van der Waals surface area contributed by atoms with E-state index in [1.54, 1.807) is 0 Å². The summed E-state index contributed by atoms with van der Waals surface area (Å²) >= 11 is 0. The molecule has 0 bridgehead atoms. The van der Waals surface area contributed by atoms with Gasteiger partial charge in [0.15, 0.2) is 0 Å². The predicted octanol–water partition coefficient (Wildman–Crippen LogP) is 4.77. The summed E-state index contributed by atoms with van der Waals surface area (Å²) in [6.07, 6.45) is 3.14. The summed E-state index contributed by atoms with van der Waals surface area (Å²) in [6, 6.07) is 26.4. The molecule has 5 rings (SSSR count). The number of fused-ring (bicyclic) bond motifs is 2. The van der Waals surface area contributed by atoms with E-state index in [4.69, 9.17) is 0 Å². The number of para-hydroxylation sites is 1. The van der Waals surface area contributed by atoms with E-state index >= 15 is 0 Å². The van der Waals surface area contributed by atoms with Crippen molar-refractivity contribution in [2.24, 2.45) is 0 Å². The fourth-order valence-electron chi connectivity index (χ4n) is 4.53. The molecule has 1 atom stereocenters. The third-order valence-electron chi connectivity index (χ3n) is 5.84. The van der Waals surface area contributed by atoms with Crippen molar-refractivity contribution in [1.29, 1.82) is 0 Å². The lowest BCUT2D eigenvalue weighted by Crippen LogP contribution is -2.33. The van der Waals surface area contributed by atoms with Gasteiger partial charge in [-0.25, -0.2) is 0 Å². The Morgan fingerprint density at radius 3 is 2.50 bits per heavy atom. The summed E-state index contributed by atoms with van der Waals surface area (Å²) in [5.41, 5.74) is 3.80. The fraction of sp³-hybridized carbons (Fsp3) is 0.240. The van der Waals surface area contributed by atoms with Gasteiger partial charge in [-0.2, -0.15) is 0 Å². The average Bonchev–Trinajstić information content (AvgIpc) is 3.04. The minimum Gasteiger partial charge on any atom is -0.315 e. The predicted molar refractivity (Wildman–Crippen MR) is 117 cm³/mol. The monoisotopic (exact) mass is 367 g/mol. The number of rotatable bonds is 3. The zero-order valence-electron chi connectivity index (χ0n) is 16.0. The standard InChI is InChI=1S/C25H25N3/c1-2-9-20-19(7-1)8-5-11-22(20)25(28-17-6-14-26-16-18-28)23-13-15-27-24-12-4-3-10-21(23)24/h1-5,7-13,15,25-26H,6,14,16-18H2. The van der Waals surface area contributed by atoms with E-state index in [9.17, 15) is 0 Å². The molecule has 1 unspecified atom stereocenters. The highest BCUT2D eigenvalue weighted by Gasteiger charge is 2.26. The van der Waals surface area contributed by atoms with Gasteiger partial charge >= 0.3 is 0 Å². The SMILES string of the molecule is c1ccc2c(C(c3ccnc4ccccc34)N3CCCNCC3)cccc2c1. The van der Waals surface area contributed by atoms with Crippen LogP contribution in [0.15, 0.2) is 79.0 Å². The lowest BCUT2D eigenvalue weighted by molar-refractivity contribution is 0.243. The minimum atomic E-state index is 0.221. The summed E-state index contributed by atoms with van der Waals surface area (Å²) in [5.74, 6) is 0. The van der Waals surface area contributed by atoms with Crippen LogP contribution < -0.4 is 5.32 Å². The second kappa shape index (κ2) is 7.70. The first kappa shape index (κ1) is 17.4. The van der Waals surface area contributed by atoms with Gasteiger partial charge in [-0.15, -0.1) is 0 Å². The second-order valence-electron chi connectivity index (χ2n) is 7.53. The normalized spacial score (nSPS) is 16.9. The van der Waals surface area contributed by atoms with E-state index < -0.39 is 0 Å². The Hall–Kier alpha value is -2.75. The number of hydrogen-bond acceptors (Lipinski definition) is 3. The first-order chi connectivity index (χ1) is 13.9. The molecule has 1 N–H and O–H groups in total. The van der Waals surface area contributed by atoms with Gasteiger partial charge < -0.3 is 5.32 Å². The van der Waals surface area contributed by atoms with Crippen molar-refractivity contribution in [3.05, 3.63) is 90.1 Å². The highest BCUT2D eigenvalue weighted by atomic mass is 15.2. The van der Waals surface area contributed by atoms with Crippen LogP contribution in [0.1, 0.15) is 23.6 Å². The van der Waals surface area contributed by atoms with E-state index in [0.29, 0.717) is 0 Å². The molecule has 3 heteroatoms. The van der Waals surface area contributed by atoms with Crippen LogP contribution in [-0.2, 0) is 0 Å². The minimum absolute atomic E-state index is 0.221. The fourth-order valence-corrected chi connectivity index (χ4v) is 4.53. The zero-order valence-corrected chi connectivity index (χ0v) is 16.0. The number of hydrogen-bond donors (Lipinski definition) is 1. The molecule has 1 aromatic heterocycles. The van der Waals surface area contributed by atoms with E-state index in [2.05, 4.69) is 88.0 Å². The molecule has 1 saturated heterocycles. The molecule has 1 aliphatic heterocycles. The van der Waals surface area contributed by atoms with Gasteiger partial charge in [-0.1, -0.05) is 60.7 Å². The molecule has 0 spiro atoms. The molecule has 1 aliphatic rings. The number of pyridine rings is 1. The number of benzene rings is 3. The zero-order chi connectivity index (χ0) is 18.8. The van der Waals surface area contributed by atoms with Gasteiger partial charge in [-0.05, 0) is 47.0 Å². The first-order valence-corrected chi connectivity index (χ1v) is 10.2. The highest BCUT2D eigenvalue weighted by Crippen LogP contribution is 2.36. The summed E-state index contributed by atoms with van der Waals surface area (Å²) < 4.78 is 0. The van der Waals surface area contributed by atoms with Gasteiger partial charge in [0, 0.05) is 31.2 Å². The molecule has 2 heterocycles. The van der Waals surface area contributed by atoms with E-state index in [0.717, 1.165) is 31.7 Å². The van der Waals surface area contributed by atoms with Gasteiger partial charge in [0.1, 0.15) is 0 Å². The van der Waals surface area contributed by atoms with Crippen molar-refractivity contribution in [3.63, 3.8) is 0 Å². The highest BCUT2D eigenvalue weighted by molar-refractivity contribution is 5.88. The molecule has 0 saturated carbocycles. The van der Waals surface area contributed by atoms with E-state index in [1.807, 2.05) is 6.20 Å². The van der Waals surface area contributed by atoms with Gasteiger partial charge in [0.2, 0.25) is 0 Å². The molecule has 140 valence electrons. The Morgan fingerprint density at radius 1 is 0.750 bits per heavy atom. The Bertz CT molecular complexity index is 1010. The quantitative estimate of drug-likeness (QED) is 0.565. The molecular formula is C25H25N3. The van der Waals surface area contributed by atoms with E-state index in [-0.39, 0.29) is 6.04 Å². The molecule has 0 radical (unpaired) electrons. The van der Waals surface area contributed by atoms with Crippen LogP contribution in [-0.4, -0.2) is 36.1 Å². The topological polar surface area (TPSA) is 28.2 Å². The summed E-state index contributed by atoms with van der Waals surface area (Å²) in [6.45, 7) is 4.27. The van der Waals surface area contributed by atoms with Crippen LogP contribution in [0, 0.1) is 0 Å². The Kier molecular flexibility index (Phi) is 4.78. The van der Waals surface area contributed by atoms with Crippen molar-refractivity contribution in [3.8, 4) is 0 Å². The van der Waals surface area contributed by atoms with Crippen molar-refractivity contribution >= 4 is 21.7 Å². The van der Waals surface area contributed by atoms with Gasteiger partial charge in [0.25, 0.3) is 0 Å². The second-order valence-corrected chi connectivity index (χ2v) is 7.53. The average molecular weight is 367 g/mol. The third-order valence-corrected chi connectivity index (χ3v) is 5.84. The molecule has 0 amide bonds. The van der Waals surface area contributed by atoms with Crippen molar-refractivity contribution in [1.82, 2.24) is 15.2 Å². The maximum atomic E-state index is 4.61. The summed E-state index contributed by atoms with van der Waals surface area (Å²) in [4.78, 5) is 7.26. The van der Waals surface area contributed by atoms with Crippen LogP contribution in [0.2, 0.25) is 0 Å². The van der Waals surface area contributed by atoms with Crippen LogP contribution in [0.3, 0.4) is 0 Å². The molecule has 1 fully saturated rings. The summed E-state index contributed by atoms with van der Waals surface area (Å²) in [5, 5.41) is 7.45. The van der Waals surface area contributed by atoms with Crippen molar-refractivity contribution in [2.45, 2.75) is 12.5 Å². The third kappa shape index (κ3) is 3.17. The first-order valence-electron chi connectivity index (χ1n) is 10.2. The largest absolute Gasteiger partial charge is 0.315 e. The number of nitrogens with zero attached hydrogens (tertiary/aromatic N) is 2. The van der Waals surface area contributed by atoms with Gasteiger partial charge in [0.05, 0.1) is 11.6 Å². The van der Waals surface area contributed by atoms with E-state index in [1.165, 1.54) is 33.7 Å². The Labute approximate surface area is 166 Å². The van der Waals surface area contributed by atoms with Crippen LogP contribution in [0.25, 0.3) is 21.7 Å². The molecule has 0 aliphatic carbocycles. The molecular weight excluding hydrogens is 342 g/mol. The van der Waals surface area contributed by atoms with Gasteiger partial charge in [-0.3, -0.25) is 9.88 Å².